The Balaban J connectivity index is 2.94. The predicted octanol–water partition coefficient (Wildman–Crippen LogP) is -4.43. The van der Waals surface area contributed by atoms with Gasteiger partial charge in [0.15, 0.2) is 6.04 Å². The maximum Gasteiger partial charge on any atom is 0.328 e. The van der Waals surface area contributed by atoms with Crippen LogP contribution in [0.15, 0.2) is 12.5 Å². The zero-order chi connectivity index (χ0) is 23.7. The molecule has 14 nitrogen and oxygen atoms in total. The van der Waals surface area contributed by atoms with Gasteiger partial charge in [-0.05, 0) is 13.8 Å². The van der Waals surface area contributed by atoms with E-state index in [0.29, 0.717) is 5.69 Å². The SMILES string of the molecule is C[C@@H](O)[C@H](N)C(=O)N[C@@H](Cc1c[nH]cn1)C(=O)N[C@@H](CO)C(=O)N[C@H](C(=O)O)[C@@H](C)O. The first-order valence-electron chi connectivity index (χ1n) is 9.32. The lowest BCUT2D eigenvalue weighted by Gasteiger charge is -2.25. The van der Waals surface area contributed by atoms with Crippen LogP contribution >= 0.6 is 0 Å². The predicted molar refractivity (Wildman–Crippen MR) is 104 cm³/mol. The highest BCUT2D eigenvalue weighted by Gasteiger charge is 2.32. The number of nitrogens with zero attached hydrogens (tertiary/aromatic N) is 1. The van der Waals surface area contributed by atoms with Crippen LogP contribution in [0.2, 0.25) is 0 Å². The molecule has 6 atom stereocenters. The summed E-state index contributed by atoms with van der Waals surface area (Å²) in [5, 5.41) is 44.0. The molecular formula is C17H28N6O8. The summed E-state index contributed by atoms with van der Waals surface area (Å²) in [5.41, 5.74) is 5.96. The molecule has 0 aliphatic carbocycles. The first-order chi connectivity index (χ1) is 14.5. The van der Waals surface area contributed by atoms with Crippen LogP contribution in [0, 0.1) is 0 Å². The van der Waals surface area contributed by atoms with Crippen LogP contribution in [0.1, 0.15) is 19.5 Å². The van der Waals surface area contributed by atoms with Gasteiger partial charge in [-0.15, -0.1) is 0 Å². The first kappa shape index (κ1) is 26.0. The Morgan fingerprint density at radius 2 is 1.61 bits per heavy atom. The van der Waals surface area contributed by atoms with Crippen LogP contribution < -0.4 is 21.7 Å². The number of aliphatic carboxylic acids is 1. The number of hydrogen-bond acceptors (Lipinski definition) is 9. The first-order valence-corrected chi connectivity index (χ1v) is 9.32. The number of hydrogen-bond donors (Lipinski definition) is 9. The van der Waals surface area contributed by atoms with E-state index in [-0.39, 0.29) is 6.42 Å². The second kappa shape index (κ2) is 11.9. The summed E-state index contributed by atoms with van der Waals surface area (Å²) < 4.78 is 0. The highest BCUT2D eigenvalue weighted by Crippen LogP contribution is 2.02. The number of aliphatic hydroxyl groups is 3. The Morgan fingerprint density at radius 3 is 2.06 bits per heavy atom. The molecule has 0 aromatic carbocycles. The maximum absolute atomic E-state index is 12.7. The molecule has 0 aliphatic rings. The van der Waals surface area contributed by atoms with E-state index in [2.05, 4.69) is 20.6 Å². The van der Waals surface area contributed by atoms with Crippen molar-refractivity contribution in [1.29, 1.82) is 0 Å². The Kier molecular flexibility index (Phi) is 10.0. The van der Waals surface area contributed by atoms with Crippen molar-refractivity contribution in [1.82, 2.24) is 25.9 Å². The van der Waals surface area contributed by atoms with Crippen molar-refractivity contribution in [2.45, 2.75) is 56.6 Å². The number of carbonyl (C=O) groups is 4. The number of nitrogens with two attached hydrogens (primary N) is 1. The number of carboxylic acid groups (broad SMARTS) is 1. The molecule has 10 N–H and O–H groups in total. The van der Waals surface area contributed by atoms with Crippen molar-refractivity contribution in [3.63, 3.8) is 0 Å². The Bertz CT molecular complexity index is 754. The fourth-order valence-corrected chi connectivity index (χ4v) is 2.42. The fraction of sp³-hybridized carbons (Fsp3) is 0.588. The van der Waals surface area contributed by atoms with Gasteiger partial charge in [0.05, 0.1) is 30.8 Å². The standard InChI is InChI=1S/C17H28N6O8/c1-7(25)12(18)16(29)21-10(3-9-4-19-6-20-9)14(27)22-11(5-24)15(28)23-13(8(2)26)17(30)31/h4,6-8,10-13,24-26H,3,5,18H2,1-2H3,(H,19,20)(H,21,29)(H,22,27)(H,23,28)(H,30,31)/t7-,8-,10+,11+,12+,13+/m1/s1. The second-order valence-electron chi connectivity index (χ2n) is 6.90. The molecule has 31 heavy (non-hydrogen) atoms. The molecule has 0 fully saturated rings. The Hall–Kier alpha value is -3.07. The molecule has 1 rings (SSSR count). The second-order valence-corrected chi connectivity index (χ2v) is 6.90. The summed E-state index contributed by atoms with van der Waals surface area (Å²) in [6.07, 6.45) is 0.0687. The smallest absolute Gasteiger partial charge is 0.328 e. The van der Waals surface area contributed by atoms with E-state index >= 15 is 0 Å². The monoisotopic (exact) mass is 444 g/mol. The van der Waals surface area contributed by atoms with Gasteiger partial charge in [0.2, 0.25) is 17.7 Å². The molecule has 0 saturated carbocycles. The van der Waals surface area contributed by atoms with Gasteiger partial charge in [-0.2, -0.15) is 0 Å². The topological polar surface area (TPSA) is 240 Å². The van der Waals surface area contributed by atoms with E-state index in [4.69, 9.17) is 10.8 Å². The zero-order valence-electron chi connectivity index (χ0n) is 17.0. The number of imidazole rings is 1. The summed E-state index contributed by atoms with van der Waals surface area (Å²) in [6, 6.07) is -5.84. The van der Waals surface area contributed by atoms with Gasteiger partial charge in [0, 0.05) is 12.6 Å². The molecule has 1 aromatic heterocycles. The van der Waals surface area contributed by atoms with Crippen molar-refractivity contribution in [3.05, 3.63) is 18.2 Å². The van der Waals surface area contributed by atoms with Crippen molar-refractivity contribution >= 4 is 23.7 Å². The molecule has 0 bridgehead atoms. The highest BCUT2D eigenvalue weighted by molar-refractivity contribution is 5.94. The van der Waals surface area contributed by atoms with Crippen LogP contribution in [-0.4, -0.2) is 97.1 Å². The van der Waals surface area contributed by atoms with Crippen molar-refractivity contribution in [2.75, 3.05) is 6.61 Å². The van der Waals surface area contributed by atoms with Crippen LogP contribution in [0.3, 0.4) is 0 Å². The van der Waals surface area contributed by atoms with E-state index in [1.165, 1.54) is 19.4 Å². The Labute approximate surface area is 177 Å². The summed E-state index contributed by atoms with van der Waals surface area (Å²) in [5.74, 6) is -4.31. The van der Waals surface area contributed by atoms with Crippen LogP contribution in [0.5, 0.6) is 0 Å². The molecule has 0 radical (unpaired) electrons. The number of aromatic nitrogens is 2. The lowest BCUT2D eigenvalue weighted by atomic mass is 10.1. The van der Waals surface area contributed by atoms with Crippen LogP contribution in [0.25, 0.3) is 0 Å². The largest absolute Gasteiger partial charge is 0.480 e. The summed E-state index contributed by atoms with van der Waals surface area (Å²) in [4.78, 5) is 54.9. The minimum Gasteiger partial charge on any atom is -0.480 e. The van der Waals surface area contributed by atoms with Gasteiger partial charge in [-0.1, -0.05) is 0 Å². The lowest BCUT2D eigenvalue weighted by Crippen LogP contribution is -2.60. The molecule has 0 saturated heterocycles. The minimum absolute atomic E-state index is 0.112. The molecule has 0 spiro atoms. The molecular weight excluding hydrogens is 416 g/mol. The molecule has 0 unspecified atom stereocenters. The molecule has 0 aliphatic heterocycles. The average molecular weight is 444 g/mol. The minimum atomic E-state index is -1.66. The van der Waals surface area contributed by atoms with Gasteiger partial charge in [0.1, 0.15) is 18.1 Å². The number of amides is 3. The number of aromatic amines is 1. The maximum atomic E-state index is 12.7. The van der Waals surface area contributed by atoms with Gasteiger partial charge in [-0.3, -0.25) is 14.4 Å². The van der Waals surface area contributed by atoms with Crippen LogP contribution in [0.4, 0.5) is 0 Å². The molecule has 1 heterocycles. The fourth-order valence-electron chi connectivity index (χ4n) is 2.42. The quantitative estimate of drug-likeness (QED) is 0.150. The highest BCUT2D eigenvalue weighted by atomic mass is 16.4. The number of carbonyl (C=O) groups excluding carboxylic acids is 3. The summed E-state index contributed by atoms with van der Waals surface area (Å²) in [7, 11) is 0. The lowest BCUT2D eigenvalue weighted by molar-refractivity contribution is -0.145. The van der Waals surface area contributed by atoms with Gasteiger partial charge in [0.25, 0.3) is 0 Å². The molecule has 14 heteroatoms. The zero-order valence-corrected chi connectivity index (χ0v) is 17.0. The average Bonchev–Trinajstić information content (AvgIpc) is 3.20. The van der Waals surface area contributed by atoms with E-state index in [1.807, 2.05) is 5.32 Å². The summed E-state index contributed by atoms with van der Waals surface area (Å²) >= 11 is 0. The molecule has 1 aromatic rings. The number of aliphatic hydroxyl groups excluding tert-OH is 3. The van der Waals surface area contributed by atoms with Crippen molar-refractivity contribution in [3.8, 4) is 0 Å². The van der Waals surface area contributed by atoms with Crippen molar-refractivity contribution < 1.29 is 39.6 Å². The van der Waals surface area contributed by atoms with E-state index in [1.54, 1.807) is 0 Å². The van der Waals surface area contributed by atoms with Crippen molar-refractivity contribution in [2.24, 2.45) is 5.73 Å². The van der Waals surface area contributed by atoms with Gasteiger partial charge >= 0.3 is 5.97 Å². The third-order valence-corrected chi connectivity index (χ3v) is 4.29. The van der Waals surface area contributed by atoms with Gasteiger partial charge in [-0.25, -0.2) is 9.78 Å². The number of nitrogens with one attached hydrogen (secondary N) is 4. The summed E-state index contributed by atoms with van der Waals surface area (Å²) in [6.45, 7) is 1.55. The number of rotatable bonds is 12. The number of H-pyrrole nitrogens is 1. The van der Waals surface area contributed by atoms with Gasteiger partial charge < -0.3 is 47.1 Å². The Morgan fingerprint density at radius 1 is 1.03 bits per heavy atom. The van der Waals surface area contributed by atoms with E-state index in [9.17, 15) is 34.5 Å². The molecule has 3 amide bonds. The van der Waals surface area contributed by atoms with Crippen LogP contribution in [-0.2, 0) is 25.6 Å². The van der Waals surface area contributed by atoms with E-state index < -0.39 is 66.7 Å². The third-order valence-electron chi connectivity index (χ3n) is 4.29. The normalized spacial score (nSPS) is 16.8. The number of carboxylic acids is 1. The molecule has 174 valence electrons. The van der Waals surface area contributed by atoms with E-state index in [0.717, 1.165) is 6.92 Å². The third kappa shape index (κ3) is 7.93.